The zero-order chi connectivity index (χ0) is 48.6. The Labute approximate surface area is 416 Å². The molecule has 3 N–H and O–H groups in total. The molecule has 0 aliphatic rings. The fraction of sp³-hybridized carbons (Fsp3) is 0.836. The third-order valence-electron chi connectivity index (χ3n) is 13.3. The van der Waals surface area contributed by atoms with Crippen LogP contribution < -0.4 is 5.32 Å². The number of hydrogen-bond donors (Lipinski definition) is 3. The van der Waals surface area contributed by atoms with Gasteiger partial charge in [-0.25, -0.2) is 0 Å². The number of amides is 1. The molecular weight excluding hydrogens is 827 g/mol. The number of esters is 1. The summed E-state index contributed by atoms with van der Waals surface area (Å²) in [4.78, 5) is 24.5. The zero-order valence-corrected chi connectivity index (χ0v) is 44.6. The summed E-state index contributed by atoms with van der Waals surface area (Å²) < 4.78 is 5.46. The Morgan fingerprint density at radius 3 is 1.18 bits per heavy atom. The zero-order valence-electron chi connectivity index (χ0n) is 44.6. The van der Waals surface area contributed by atoms with Crippen LogP contribution >= 0.6 is 0 Å². The molecule has 0 aromatic heterocycles. The van der Waals surface area contributed by atoms with E-state index in [1.54, 1.807) is 6.08 Å². The third kappa shape index (κ3) is 53.0. The number of unbranched alkanes of at least 4 members (excludes halogenated alkanes) is 37. The molecule has 0 aromatic carbocycles. The maximum absolute atomic E-state index is 12.5. The molecule has 2 atom stereocenters. The molecule has 67 heavy (non-hydrogen) atoms. The van der Waals surface area contributed by atoms with Gasteiger partial charge in [-0.2, -0.15) is 0 Å². The topological polar surface area (TPSA) is 95.9 Å². The van der Waals surface area contributed by atoms with Gasteiger partial charge >= 0.3 is 5.97 Å². The van der Waals surface area contributed by atoms with Crippen molar-refractivity contribution < 1.29 is 24.5 Å². The van der Waals surface area contributed by atoms with Crippen molar-refractivity contribution in [1.82, 2.24) is 5.32 Å². The number of carbonyl (C=O) groups is 2. The number of ether oxygens (including phenoxy) is 1. The minimum Gasteiger partial charge on any atom is -0.466 e. The van der Waals surface area contributed by atoms with E-state index < -0.39 is 12.1 Å². The lowest BCUT2D eigenvalue weighted by molar-refractivity contribution is -0.143. The van der Waals surface area contributed by atoms with Gasteiger partial charge in [0.2, 0.25) is 5.91 Å². The second-order valence-electron chi connectivity index (χ2n) is 20.0. The summed E-state index contributed by atoms with van der Waals surface area (Å²) in [5, 5.41) is 23.1. The molecular formula is C61H113NO5. The predicted octanol–water partition coefficient (Wildman–Crippen LogP) is 18.2. The van der Waals surface area contributed by atoms with Crippen molar-refractivity contribution in [3.05, 3.63) is 48.6 Å². The SMILES string of the molecule is CCCCCC/C=C\C/C=C\CCCCCCCC(=O)OCCCCCCCC/C=C\CCCCCC(=O)NC(CO)C(O)/C=C/CCCCCCCCCCCCCCCCCCCCC. The molecule has 0 spiro atoms. The van der Waals surface area contributed by atoms with Gasteiger partial charge in [0.15, 0.2) is 0 Å². The maximum atomic E-state index is 12.5. The maximum Gasteiger partial charge on any atom is 0.305 e. The molecule has 6 heteroatoms. The quantitative estimate of drug-likeness (QED) is 0.0321. The summed E-state index contributed by atoms with van der Waals surface area (Å²) >= 11 is 0. The minimum absolute atomic E-state index is 0.0276. The van der Waals surface area contributed by atoms with E-state index in [1.165, 1.54) is 193 Å². The van der Waals surface area contributed by atoms with Crippen molar-refractivity contribution in [3.8, 4) is 0 Å². The van der Waals surface area contributed by atoms with Crippen molar-refractivity contribution in [3.63, 3.8) is 0 Å². The van der Waals surface area contributed by atoms with Crippen LogP contribution in [0.15, 0.2) is 48.6 Å². The molecule has 0 aliphatic heterocycles. The average Bonchev–Trinajstić information content (AvgIpc) is 3.33. The Kier molecular flexibility index (Phi) is 54.6. The van der Waals surface area contributed by atoms with Crippen LogP contribution in [0, 0.1) is 0 Å². The number of allylic oxidation sites excluding steroid dienone is 7. The van der Waals surface area contributed by atoms with Gasteiger partial charge in [0.05, 0.1) is 25.4 Å². The molecule has 0 fully saturated rings. The smallest absolute Gasteiger partial charge is 0.305 e. The second kappa shape index (κ2) is 56.4. The largest absolute Gasteiger partial charge is 0.466 e. The number of rotatable bonds is 54. The highest BCUT2D eigenvalue weighted by Crippen LogP contribution is 2.16. The lowest BCUT2D eigenvalue weighted by Crippen LogP contribution is -2.45. The van der Waals surface area contributed by atoms with Gasteiger partial charge < -0.3 is 20.3 Å². The van der Waals surface area contributed by atoms with Crippen LogP contribution in [-0.2, 0) is 14.3 Å². The van der Waals surface area contributed by atoms with Gasteiger partial charge in [-0.05, 0) is 89.9 Å². The predicted molar refractivity (Wildman–Crippen MR) is 292 cm³/mol. The Morgan fingerprint density at radius 1 is 0.418 bits per heavy atom. The first kappa shape index (κ1) is 64.8. The first-order chi connectivity index (χ1) is 33.0. The normalized spacial score (nSPS) is 13.0. The van der Waals surface area contributed by atoms with E-state index >= 15 is 0 Å². The van der Waals surface area contributed by atoms with Gasteiger partial charge in [-0.1, -0.05) is 249 Å². The minimum atomic E-state index is -0.864. The highest BCUT2D eigenvalue weighted by Gasteiger charge is 2.18. The van der Waals surface area contributed by atoms with Gasteiger partial charge in [-0.3, -0.25) is 9.59 Å². The van der Waals surface area contributed by atoms with Gasteiger partial charge in [0.1, 0.15) is 0 Å². The van der Waals surface area contributed by atoms with Crippen LogP contribution in [0.2, 0.25) is 0 Å². The fourth-order valence-corrected chi connectivity index (χ4v) is 8.78. The van der Waals surface area contributed by atoms with E-state index in [2.05, 4.69) is 55.6 Å². The lowest BCUT2D eigenvalue weighted by atomic mass is 10.0. The number of carbonyl (C=O) groups excluding carboxylic acids is 2. The summed E-state index contributed by atoms with van der Waals surface area (Å²) in [6.45, 7) is 4.84. The summed E-state index contributed by atoms with van der Waals surface area (Å²) in [6, 6.07) is -0.651. The molecule has 0 radical (unpaired) electrons. The Bertz CT molecular complexity index is 1130. The molecule has 0 rings (SSSR count). The van der Waals surface area contributed by atoms with E-state index in [4.69, 9.17) is 4.74 Å². The van der Waals surface area contributed by atoms with Crippen molar-refractivity contribution in [1.29, 1.82) is 0 Å². The van der Waals surface area contributed by atoms with E-state index in [0.29, 0.717) is 19.4 Å². The number of aliphatic hydroxyl groups excluding tert-OH is 2. The summed E-state index contributed by atoms with van der Waals surface area (Å²) in [5.74, 6) is -0.125. The van der Waals surface area contributed by atoms with E-state index in [1.807, 2.05) is 6.08 Å². The van der Waals surface area contributed by atoms with Crippen LogP contribution in [0.4, 0.5) is 0 Å². The molecule has 0 aromatic rings. The van der Waals surface area contributed by atoms with Crippen LogP contribution in [0.25, 0.3) is 0 Å². The van der Waals surface area contributed by atoms with Crippen LogP contribution in [-0.4, -0.2) is 47.4 Å². The number of hydrogen-bond acceptors (Lipinski definition) is 5. The standard InChI is InChI=1S/C61H113NO5/c1-3-5-7-9-11-13-15-17-19-21-22-23-24-25-26-29-33-37-41-45-49-53-59(64)58(57-63)62-60(65)54-50-46-42-38-34-30-28-32-36-40-44-48-52-56-67-61(66)55-51-47-43-39-35-31-27-20-18-16-14-12-10-8-6-4-2/h14,16,20,27,30,34,49,53,58-59,63-64H,3-13,15,17-19,21-26,28-29,31-33,35-48,50-52,54-57H2,1-2H3,(H,62,65)/b16-14-,27-20-,34-30-,53-49+. The first-order valence-electron chi connectivity index (χ1n) is 29.4. The monoisotopic (exact) mass is 940 g/mol. The van der Waals surface area contributed by atoms with Gasteiger partial charge in [0.25, 0.3) is 0 Å². The first-order valence-corrected chi connectivity index (χ1v) is 29.4. The van der Waals surface area contributed by atoms with Crippen molar-refractivity contribution in [2.75, 3.05) is 13.2 Å². The Morgan fingerprint density at radius 2 is 0.746 bits per heavy atom. The average molecular weight is 941 g/mol. The van der Waals surface area contributed by atoms with Crippen molar-refractivity contribution in [2.45, 2.75) is 315 Å². The molecule has 0 saturated carbocycles. The molecule has 0 saturated heterocycles. The fourth-order valence-electron chi connectivity index (χ4n) is 8.78. The Balaban J connectivity index is 3.54. The third-order valence-corrected chi connectivity index (χ3v) is 13.3. The van der Waals surface area contributed by atoms with Crippen molar-refractivity contribution >= 4 is 11.9 Å². The molecule has 2 unspecified atom stereocenters. The van der Waals surface area contributed by atoms with Crippen LogP contribution in [0.5, 0.6) is 0 Å². The number of aliphatic hydroxyl groups is 2. The molecule has 1 amide bonds. The Hall–Kier alpha value is -2.18. The van der Waals surface area contributed by atoms with Gasteiger partial charge in [0, 0.05) is 12.8 Å². The molecule has 392 valence electrons. The molecule has 0 aliphatic carbocycles. The lowest BCUT2D eigenvalue weighted by Gasteiger charge is -2.19. The van der Waals surface area contributed by atoms with E-state index in [9.17, 15) is 19.8 Å². The van der Waals surface area contributed by atoms with Crippen LogP contribution in [0.1, 0.15) is 303 Å². The summed E-state index contributed by atoms with van der Waals surface area (Å²) in [7, 11) is 0. The van der Waals surface area contributed by atoms with E-state index in [-0.39, 0.29) is 18.5 Å². The number of nitrogens with one attached hydrogen (secondary N) is 1. The van der Waals surface area contributed by atoms with Gasteiger partial charge in [-0.15, -0.1) is 0 Å². The van der Waals surface area contributed by atoms with Crippen molar-refractivity contribution in [2.24, 2.45) is 0 Å². The molecule has 6 nitrogen and oxygen atoms in total. The van der Waals surface area contributed by atoms with Crippen LogP contribution in [0.3, 0.4) is 0 Å². The highest BCUT2D eigenvalue weighted by molar-refractivity contribution is 5.76. The second-order valence-corrected chi connectivity index (χ2v) is 20.0. The highest BCUT2D eigenvalue weighted by atomic mass is 16.5. The van der Waals surface area contributed by atoms with E-state index in [0.717, 1.165) is 83.5 Å². The molecule has 0 heterocycles. The molecule has 0 bridgehead atoms. The summed E-state index contributed by atoms with van der Waals surface area (Å²) in [6.07, 6.45) is 71.3. The summed E-state index contributed by atoms with van der Waals surface area (Å²) in [5.41, 5.74) is 0.